The number of halogens is 1. The lowest BCUT2D eigenvalue weighted by Crippen LogP contribution is -2.41. The van der Waals surface area contributed by atoms with Crippen LogP contribution in [-0.2, 0) is 19.5 Å². The van der Waals surface area contributed by atoms with Gasteiger partial charge in [0.05, 0.1) is 23.3 Å². The highest BCUT2D eigenvalue weighted by Crippen LogP contribution is 2.29. The molecule has 2 heterocycles. The molecular weight excluding hydrogens is 441 g/mol. The van der Waals surface area contributed by atoms with Crippen LogP contribution in [0.15, 0.2) is 47.5 Å². The maximum Gasteiger partial charge on any atom is 0.430 e. The van der Waals surface area contributed by atoms with Gasteiger partial charge in [0.1, 0.15) is 17.1 Å². The Kier molecular flexibility index (Phi) is 5.96. The number of imidazole rings is 1. The van der Waals surface area contributed by atoms with Gasteiger partial charge < -0.3 is 9.47 Å². The van der Waals surface area contributed by atoms with Crippen molar-refractivity contribution in [1.29, 1.82) is 0 Å². The van der Waals surface area contributed by atoms with Crippen LogP contribution in [0.1, 0.15) is 36.8 Å². The summed E-state index contributed by atoms with van der Waals surface area (Å²) in [5.74, 6) is -1.44. The molecule has 0 unspecified atom stereocenters. The first-order chi connectivity index (χ1) is 14.8. The highest BCUT2D eigenvalue weighted by Gasteiger charge is 2.38. The number of carbonyl (C=O) groups excluding carboxylic acids is 2. The molecule has 0 spiro atoms. The van der Waals surface area contributed by atoms with E-state index >= 15 is 0 Å². The fraction of sp³-hybridized carbons (Fsp3) is 0.286. The third-order valence-electron chi connectivity index (χ3n) is 4.36. The van der Waals surface area contributed by atoms with E-state index in [4.69, 9.17) is 4.74 Å². The zero-order valence-corrected chi connectivity index (χ0v) is 18.9. The number of aromatic nitrogens is 2. The van der Waals surface area contributed by atoms with E-state index in [9.17, 15) is 22.4 Å². The summed E-state index contributed by atoms with van der Waals surface area (Å²) in [6.45, 7) is 6.27. The van der Waals surface area contributed by atoms with Gasteiger partial charge in [0, 0.05) is 6.20 Å². The Hall–Kier alpha value is -3.47. The highest BCUT2D eigenvalue weighted by atomic mass is 32.2. The number of fused-ring (bicyclic) bond motifs is 1. The molecule has 0 atom stereocenters. The van der Waals surface area contributed by atoms with E-state index in [1.807, 2.05) is 0 Å². The molecule has 1 amide bonds. The molecule has 0 aliphatic carbocycles. The number of amides is 1. The molecule has 0 radical (unpaired) electrons. The number of ether oxygens (including phenoxy) is 2. The summed E-state index contributed by atoms with van der Waals surface area (Å²) in [6, 6.07) is 7.39. The summed E-state index contributed by atoms with van der Waals surface area (Å²) < 4.78 is 52.4. The Morgan fingerprint density at radius 1 is 1.09 bits per heavy atom. The average molecular weight is 463 g/mol. The Bertz CT molecular complexity index is 1290. The van der Waals surface area contributed by atoms with Crippen LogP contribution in [0.25, 0.3) is 5.65 Å². The number of hydrogen-bond donors (Lipinski definition) is 0. The maximum atomic E-state index is 13.7. The van der Waals surface area contributed by atoms with Crippen molar-refractivity contribution >= 4 is 33.6 Å². The van der Waals surface area contributed by atoms with Crippen molar-refractivity contribution in [2.75, 3.05) is 11.4 Å². The van der Waals surface area contributed by atoms with Crippen LogP contribution in [0, 0.1) is 12.7 Å². The van der Waals surface area contributed by atoms with Gasteiger partial charge >= 0.3 is 12.1 Å². The van der Waals surface area contributed by atoms with E-state index in [0.717, 1.165) is 6.20 Å². The predicted octanol–water partition coefficient (Wildman–Crippen LogP) is 3.70. The van der Waals surface area contributed by atoms with Gasteiger partial charge in [-0.15, -0.1) is 4.31 Å². The summed E-state index contributed by atoms with van der Waals surface area (Å²) in [7, 11) is -3.32. The van der Waals surface area contributed by atoms with Crippen LogP contribution in [0.5, 0.6) is 0 Å². The predicted molar refractivity (Wildman–Crippen MR) is 114 cm³/mol. The van der Waals surface area contributed by atoms with Crippen LogP contribution in [0.3, 0.4) is 0 Å². The molecule has 32 heavy (non-hydrogen) atoms. The number of benzene rings is 1. The van der Waals surface area contributed by atoms with Gasteiger partial charge in [-0.3, -0.25) is 4.40 Å². The third kappa shape index (κ3) is 4.42. The van der Waals surface area contributed by atoms with E-state index < -0.39 is 33.5 Å². The third-order valence-corrected chi connectivity index (χ3v) is 6.03. The van der Waals surface area contributed by atoms with Crippen LogP contribution in [0.4, 0.5) is 15.0 Å². The van der Waals surface area contributed by atoms with Gasteiger partial charge in [-0.1, -0.05) is 0 Å². The summed E-state index contributed by atoms with van der Waals surface area (Å²) in [4.78, 5) is 28.6. The second-order valence-electron chi connectivity index (χ2n) is 7.86. The molecule has 0 saturated heterocycles. The molecule has 11 heteroatoms. The molecule has 0 fully saturated rings. The number of sulfonamides is 1. The summed E-state index contributed by atoms with van der Waals surface area (Å²) >= 11 is 0. The number of aryl methyl sites for hydroxylation is 1. The summed E-state index contributed by atoms with van der Waals surface area (Å²) in [5, 5.41) is 0. The quantitative estimate of drug-likeness (QED) is 0.543. The van der Waals surface area contributed by atoms with Gasteiger partial charge in [-0.05, 0) is 64.1 Å². The van der Waals surface area contributed by atoms with E-state index in [1.165, 1.54) is 54.8 Å². The lowest BCUT2D eigenvalue weighted by molar-refractivity contribution is 0.0592. The monoisotopic (exact) mass is 463 g/mol. The van der Waals surface area contributed by atoms with Gasteiger partial charge in [0.2, 0.25) is 0 Å². The van der Waals surface area contributed by atoms with Crippen molar-refractivity contribution in [3.63, 3.8) is 0 Å². The molecule has 0 aliphatic heterocycles. The van der Waals surface area contributed by atoms with Crippen LogP contribution < -0.4 is 4.31 Å². The second-order valence-corrected chi connectivity index (χ2v) is 9.65. The van der Waals surface area contributed by atoms with Crippen molar-refractivity contribution in [1.82, 2.24) is 9.38 Å². The lowest BCUT2D eigenvalue weighted by atomic mass is 10.2. The van der Waals surface area contributed by atoms with Crippen LogP contribution in [-0.4, -0.2) is 42.6 Å². The molecule has 0 aliphatic rings. The Morgan fingerprint density at radius 3 is 2.28 bits per heavy atom. The number of hydrogen-bond acceptors (Lipinski definition) is 7. The molecule has 3 rings (SSSR count). The molecule has 0 saturated carbocycles. The normalized spacial score (nSPS) is 11.9. The zero-order valence-electron chi connectivity index (χ0n) is 18.1. The number of carbonyl (C=O) groups is 2. The van der Waals surface area contributed by atoms with E-state index in [2.05, 4.69) is 9.72 Å². The van der Waals surface area contributed by atoms with Crippen molar-refractivity contribution in [3.8, 4) is 0 Å². The molecular formula is C21H22FN3O6S. The fourth-order valence-electron chi connectivity index (χ4n) is 2.90. The van der Waals surface area contributed by atoms with Crippen LogP contribution in [0.2, 0.25) is 0 Å². The number of pyridine rings is 1. The zero-order chi connectivity index (χ0) is 23.8. The fourth-order valence-corrected chi connectivity index (χ4v) is 4.23. The Morgan fingerprint density at radius 2 is 1.72 bits per heavy atom. The van der Waals surface area contributed by atoms with Crippen LogP contribution >= 0.6 is 0 Å². The van der Waals surface area contributed by atoms with Crippen molar-refractivity contribution in [2.45, 2.75) is 38.2 Å². The van der Waals surface area contributed by atoms with Gasteiger partial charge in [0.15, 0.2) is 5.82 Å². The molecule has 3 aromatic rings. The summed E-state index contributed by atoms with van der Waals surface area (Å²) in [5.41, 5.74) is -0.419. The molecule has 1 aromatic carbocycles. The molecule has 2 aromatic heterocycles. The molecule has 170 valence electrons. The topological polar surface area (TPSA) is 107 Å². The van der Waals surface area contributed by atoms with Crippen molar-refractivity contribution < 1.29 is 31.9 Å². The first-order valence-corrected chi connectivity index (χ1v) is 10.9. The molecule has 0 bridgehead atoms. The number of esters is 1. The van der Waals surface area contributed by atoms with E-state index in [-0.39, 0.29) is 27.6 Å². The smallest absolute Gasteiger partial charge is 0.430 e. The molecule has 9 nitrogen and oxygen atoms in total. The minimum absolute atomic E-state index is 0.134. The number of rotatable bonds is 4. The van der Waals surface area contributed by atoms with E-state index in [0.29, 0.717) is 4.31 Å². The average Bonchev–Trinajstić information content (AvgIpc) is 3.01. The van der Waals surface area contributed by atoms with Crippen molar-refractivity contribution in [2.24, 2.45) is 0 Å². The number of anilines is 1. The summed E-state index contributed by atoms with van der Waals surface area (Å²) in [6.07, 6.45) is -0.0480. The minimum atomic E-state index is -4.52. The van der Waals surface area contributed by atoms with Gasteiger partial charge in [-0.2, -0.15) is 0 Å². The standard InChI is InChI=1S/C21H22FN3O6S/c1-13-18(23-17-11-8-15(22)12-24(13)17)25(20(27)31-21(2,3)4)32(28,29)16-9-6-14(7-10-16)19(26)30-5/h6-12H,1-5H3. The van der Waals surface area contributed by atoms with Gasteiger partial charge in [0.25, 0.3) is 10.0 Å². The molecule has 0 N–H and O–H groups in total. The van der Waals surface area contributed by atoms with Gasteiger partial charge in [-0.25, -0.2) is 27.4 Å². The Balaban J connectivity index is 2.18. The first-order valence-electron chi connectivity index (χ1n) is 9.46. The Labute approximate surface area is 184 Å². The largest absolute Gasteiger partial charge is 0.465 e. The first kappa shape index (κ1) is 23.2. The van der Waals surface area contributed by atoms with E-state index in [1.54, 1.807) is 20.8 Å². The minimum Gasteiger partial charge on any atom is -0.465 e. The van der Waals surface area contributed by atoms with Crippen molar-refractivity contribution in [3.05, 3.63) is 59.7 Å². The second kappa shape index (κ2) is 8.23. The number of nitrogens with zero attached hydrogens (tertiary/aromatic N) is 3. The maximum absolute atomic E-state index is 13.7. The SMILES string of the molecule is COC(=O)c1ccc(S(=O)(=O)N(C(=O)OC(C)(C)C)c2nc3ccc(F)cn3c2C)cc1. The number of methoxy groups -OCH3 is 1. The highest BCUT2D eigenvalue weighted by molar-refractivity contribution is 7.93. The lowest BCUT2D eigenvalue weighted by Gasteiger charge is -2.26.